The summed E-state index contributed by atoms with van der Waals surface area (Å²) in [6, 6.07) is 11.3. The zero-order chi connectivity index (χ0) is 12.6. The molecular formula is C18H22. The van der Waals surface area contributed by atoms with Gasteiger partial charge in [0, 0.05) is 5.41 Å². The van der Waals surface area contributed by atoms with E-state index in [1.165, 1.54) is 19.3 Å². The Morgan fingerprint density at radius 3 is 2.39 bits per heavy atom. The van der Waals surface area contributed by atoms with Crippen molar-refractivity contribution in [2.45, 2.75) is 38.5 Å². The third-order valence-corrected chi connectivity index (χ3v) is 7.13. The first-order valence-electron chi connectivity index (χ1n) is 7.31. The van der Waals surface area contributed by atoms with Crippen LogP contribution in [0.4, 0.5) is 0 Å². The van der Waals surface area contributed by atoms with Gasteiger partial charge in [-0.2, -0.15) is 0 Å². The molecule has 3 saturated carbocycles. The minimum Gasteiger partial charge on any atom is -0.103 e. The highest BCUT2D eigenvalue weighted by Crippen LogP contribution is 2.97. The molecule has 3 aliphatic carbocycles. The molecule has 0 bridgehead atoms. The van der Waals surface area contributed by atoms with Crippen LogP contribution in [-0.2, 0) is 5.41 Å². The van der Waals surface area contributed by atoms with Crippen LogP contribution in [0.1, 0.15) is 38.7 Å². The topological polar surface area (TPSA) is 0 Å². The van der Waals surface area contributed by atoms with Crippen LogP contribution in [0.25, 0.3) is 0 Å². The number of rotatable bonds is 3. The Bertz CT molecular complexity index is 516. The zero-order valence-corrected chi connectivity index (χ0v) is 11.4. The van der Waals surface area contributed by atoms with Gasteiger partial charge in [0.2, 0.25) is 0 Å². The monoisotopic (exact) mass is 238 g/mol. The van der Waals surface area contributed by atoms with Gasteiger partial charge in [0.05, 0.1) is 0 Å². The van der Waals surface area contributed by atoms with Crippen LogP contribution < -0.4 is 0 Å². The second-order valence-corrected chi connectivity index (χ2v) is 6.99. The third-order valence-electron chi connectivity index (χ3n) is 7.13. The summed E-state index contributed by atoms with van der Waals surface area (Å²) in [6.45, 7) is 9.07. The lowest BCUT2D eigenvalue weighted by molar-refractivity contribution is -0.0483. The lowest BCUT2D eigenvalue weighted by atomic mass is 9.46. The number of fused-ring (bicyclic) bond motifs is 4. The molecule has 5 atom stereocenters. The Morgan fingerprint density at radius 1 is 1.17 bits per heavy atom. The summed E-state index contributed by atoms with van der Waals surface area (Å²) >= 11 is 0. The Kier molecular flexibility index (Phi) is 1.76. The summed E-state index contributed by atoms with van der Waals surface area (Å²) < 4.78 is 0. The highest BCUT2D eigenvalue weighted by Gasteiger charge is 2.95. The van der Waals surface area contributed by atoms with E-state index in [-0.39, 0.29) is 0 Å². The molecule has 18 heavy (non-hydrogen) atoms. The number of allylic oxidation sites excluding steroid dienone is 1. The van der Waals surface area contributed by atoms with Gasteiger partial charge < -0.3 is 0 Å². The molecule has 0 nitrogen and oxygen atoms in total. The zero-order valence-electron chi connectivity index (χ0n) is 11.4. The van der Waals surface area contributed by atoms with Crippen molar-refractivity contribution in [3.05, 3.63) is 48.6 Å². The van der Waals surface area contributed by atoms with Crippen LogP contribution in [0.5, 0.6) is 0 Å². The maximum Gasteiger partial charge on any atom is 0.0108 e. The summed E-state index contributed by atoms with van der Waals surface area (Å²) in [5.74, 6) is 1.94. The molecule has 4 rings (SSSR count). The fourth-order valence-electron chi connectivity index (χ4n) is 6.36. The molecular weight excluding hydrogens is 216 g/mol. The molecule has 0 saturated heterocycles. The van der Waals surface area contributed by atoms with E-state index in [9.17, 15) is 0 Å². The van der Waals surface area contributed by atoms with E-state index in [4.69, 9.17) is 0 Å². The van der Waals surface area contributed by atoms with Crippen molar-refractivity contribution < 1.29 is 0 Å². The van der Waals surface area contributed by atoms with Crippen LogP contribution >= 0.6 is 0 Å². The average molecular weight is 238 g/mol. The molecule has 0 N–H and O–H groups in total. The molecule has 0 unspecified atom stereocenters. The number of benzene rings is 1. The Hall–Kier alpha value is -1.04. The van der Waals surface area contributed by atoms with Crippen molar-refractivity contribution in [3.63, 3.8) is 0 Å². The smallest absolute Gasteiger partial charge is 0.0108 e. The van der Waals surface area contributed by atoms with Crippen molar-refractivity contribution >= 4 is 0 Å². The molecule has 0 radical (unpaired) electrons. The largest absolute Gasteiger partial charge is 0.103 e. The van der Waals surface area contributed by atoms with Gasteiger partial charge in [-0.3, -0.25) is 0 Å². The second-order valence-electron chi connectivity index (χ2n) is 6.99. The summed E-state index contributed by atoms with van der Waals surface area (Å²) in [4.78, 5) is 0. The van der Waals surface area contributed by atoms with Crippen molar-refractivity contribution in [2.75, 3.05) is 0 Å². The van der Waals surface area contributed by atoms with E-state index in [2.05, 4.69) is 56.8 Å². The molecule has 0 heterocycles. The third kappa shape index (κ3) is 0.735. The maximum absolute atomic E-state index is 4.01. The summed E-state index contributed by atoms with van der Waals surface area (Å²) in [5, 5.41) is 0. The molecule has 0 aromatic heterocycles. The van der Waals surface area contributed by atoms with E-state index in [1.807, 2.05) is 0 Å². The van der Waals surface area contributed by atoms with E-state index < -0.39 is 0 Å². The number of hydrogen-bond acceptors (Lipinski definition) is 0. The van der Waals surface area contributed by atoms with Crippen molar-refractivity contribution in [3.8, 4) is 0 Å². The van der Waals surface area contributed by atoms with Gasteiger partial charge in [-0.05, 0) is 47.5 Å². The van der Waals surface area contributed by atoms with Gasteiger partial charge in [-0.1, -0.05) is 50.3 Å². The first-order valence-corrected chi connectivity index (χ1v) is 7.31. The van der Waals surface area contributed by atoms with Crippen LogP contribution in [0.2, 0.25) is 0 Å². The van der Waals surface area contributed by atoms with Gasteiger partial charge in [0.1, 0.15) is 0 Å². The van der Waals surface area contributed by atoms with E-state index in [0.29, 0.717) is 16.2 Å². The maximum atomic E-state index is 4.01. The Balaban J connectivity index is 1.87. The number of hydrogen-bond donors (Lipinski definition) is 0. The fourth-order valence-corrected chi connectivity index (χ4v) is 6.36. The standard InChI is InChI=1S/C18H22/c1-4-12-16(2)17(3)14-10-11-15(14)18(16,17)13-8-6-5-7-9-13/h4-9,14-15H,1,10-12H2,2-3H3/t14-,15-,16-,17+,18-/m1/s1. The second kappa shape index (κ2) is 2.92. The molecule has 1 aromatic rings. The van der Waals surface area contributed by atoms with Gasteiger partial charge in [-0.15, -0.1) is 6.58 Å². The lowest BCUT2D eigenvalue weighted by Crippen LogP contribution is -2.54. The molecule has 0 aliphatic heterocycles. The molecule has 0 heteroatoms. The van der Waals surface area contributed by atoms with E-state index in [1.54, 1.807) is 5.56 Å². The SMILES string of the molecule is C=CC[C@]1(C)[C@]2(C)[C@@H]3CC[C@H]3[C@]12c1ccccc1. The first kappa shape index (κ1) is 10.8. The van der Waals surface area contributed by atoms with Crippen LogP contribution in [0, 0.1) is 22.7 Å². The minimum absolute atomic E-state index is 0.453. The fraction of sp³-hybridized carbons (Fsp3) is 0.556. The minimum atomic E-state index is 0.453. The van der Waals surface area contributed by atoms with Gasteiger partial charge in [-0.25, -0.2) is 0 Å². The molecule has 0 spiro atoms. The Labute approximate surface area is 110 Å². The van der Waals surface area contributed by atoms with Gasteiger partial charge >= 0.3 is 0 Å². The Morgan fingerprint density at radius 2 is 1.83 bits per heavy atom. The van der Waals surface area contributed by atoms with Gasteiger partial charge in [0.15, 0.2) is 0 Å². The lowest BCUT2D eigenvalue weighted by Gasteiger charge is -2.58. The average Bonchev–Trinajstić information content (AvgIpc) is 2.69. The summed E-state index contributed by atoms with van der Waals surface area (Å²) in [5.41, 5.74) is 3.06. The normalized spacial score (nSPS) is 51.4. The first-order chi connectivity index (χ1) is 8.64. The highest BCUT2D eigenvalue weighted by molar-refractivity contribution is 5.55. The van der Waals surface area contributed by atoms with Crippen LogP contribution in [-0.4, -0.2) is 0 Å². The van der Waals surface area contributed by atoms with Crippen LogP contribution in [0.3, 0.4) is 0 Å². The van der Waals surface area contributed by atoms with Gasteiger partial charge in [0.25, 0.3) is 0 Å². The van der Waals surface area contributed by atoms with Crippen LogP contribution in [0.15, 0.2) is 43.0 Å². The molecule has 0 amide bonds. The quantitative estimate of drug-likeness (QED) is 0.677. The van der Waals surface area contributed by atoms with E-state index in [0.717, 1.165) is 11.8 Å². The molecule has 1 aromatic carbocycles. The molecule has 3 aliphatic rings. The summed E-state index contributed by atoms with van der Waals surface area (Å²) in [7, 11) is 0. The highest BCUT2D eigenvalue weighted by atomic mass is 15.0. The molecule has 3 fully saturated rings. The summed E-state index contributed by atoms with van der Waals surface area (Å²) in [6.07, 6.45) is 6.23. The predicted octanol–water partition coefficient (Wildman–Crippen LogP) is 4.57. The molecule has 94 valence electrons. The van der Waals surface area contributed by atoms with E-state index >= 15 is 0 Å². The van der Waals surface area contributed by atoms with Crippen molar-refractivity contribution in [1.82, 2.24) is 0 Å². The van der Waals surface area contributed by atoms with Crippen molar-refractivity contribution in [2.24, 2.45) is 22.7 Å². The predicted molar refractivity (Wildman–Crippen MR) is 75.4 cm³/mol. The van der Waals surface area contributed by atoms with Crippen molar-refractivity contribution in [1.29, 1.82) is 0 Å².